The van der Waals surface area contributed by atoms with E-state index in [2.05, 4.69) is 45.0 Å². The molecule has 3 rings (SSSR count). The van der Waals surface area contributed by atoms with Crippen molar-refractivity contribution < 1.29 is 18.8 Å². The van der Waals surface area contributed by atoms with Gasteiger partial charge in [0.1, 0.15) is 6.10 Å². The lowest BCUT2D eigenvalue weighted by atomic mass is 10.0. The summed E-state index contributed by atoms with van der Waals surface area (Å²) in [4.78, 5) is 25.5. The normalized spacial score (nSPS) is 22.1. The zero-order valence-electron chi connectivity index (χ0n) is 20.3. The number of carbonyl (C=O) groups excluding carboxylic acids is 2. The average Bonchev–Trinajstić information content (AvgIpc) is 2.79. The minimum atomic E-state index is -2.87. The summed E-state index contributed by atoms with van der Waals surface area (Å²) in [6.45, 7) is 8.50. The van der Waals surface area contributed by atoms with Crippen molar-refractivity contribution in [3.05, 3.63) is 72.8 Å². The largest absolute Gasteiger partial charge is 0.460 e. The zero-order chi connectivity index (χ0) is 23.9. The van der Waals surface area contributed by atoms with Crippen LogP contribution in [0, 0.1) is 0 Å². The predicted octanol–water partition coefficient (Wildman–Crippen LogP) is 4.95. The van der Waals surface area contributed by atoms with Crippen LogP contribution in [0.15, 0.2) is 72.8 Å². The third kappa shape index (κ3) is 6.09. The van der Waals surface area contributed by atoms with Crippen LogP contribution in [0.5, 0.6) is 0 Å². The van der Waals surface area contributed by atoms with E-state index < -0.39 is 20.4 Å². The molecule has 5 heteroatoms. The number of cyclic esters (lactones) is 1. The topological polar surface area (TPSA) is 52.6 Å². The number of esters is 1. The molecular weight excluding hydrogens is 428 g/mol. The summed E-state index contributed by atoms with van der Waals surface area (Å²) < 4.78 is 12.5. The van der Waals surface area contributed by atoms with Gasteiger partial charge in [-0.05, 0) is 47.7 Å². The highest BCUT2D eigenvalue weighted by molar-refractivity contribution is 6.99. The summed E-state index contributed by atoms with van der Waals surface area (Å²) >= 11 is 0. The van der Waals surface area contributed by atoms with E-state index in [1.165, 1.54) is 12.2 Å². The molecule has 1 unspecified atom stereocenters. The summed E-state index contributed by atoms with van der Waals surface area (Å²) in [6, 6.07) is 20.7. The molecule has 1 aliphatic rings. The van der Waals surface area contributed by atoms with Crippen molar-refractivity contribution in [1.82, 2.24) is 0 Å². The van der Waals surface area contributed by atoms with Crippen LogP contribution in [0.1, 0.15) is 59.8 Å². The first-order valence-corrected chi connectivity index (χ1v) is 13.9. The van der Waals surface area contributed by atoms with Crippen molar-refractivity contribution in [2.45, 2.75) is 77.0 Å². The third-order valence-corrected chi connectivity index (χ3v) is 11.4. The molecule has 176 valence electrons. The number of ketones is 1. The molecule has 0 bridgehead atoms. The molecule has 0 amide bonds. The Labute approximate surface area is 199 Å². The molecule has 2 aromatic rings. The Morgan fingerprint density at radius 2 is 1.36 bits per heavy atom. The van der Waals surface area contributed by atoms with Crippen LogP contribution in [-0.4, -0.2) is 32.3 Å². The van der Waals surface area contributed by atoms with Gasteiger partial charge in [-0.25, -0.2) is 4.79 Å². The molecule has 0 aromatic heterocycles. The fraction of sp³-hybridized carbons (Fsp3) is 0.429. The predicted molar refractivity (Wildman–Crippen MR) is 135 cm³/mol. The van der Waals surface area contributed by atoms with E-state index >= 15 is 0 Å². The minimum absolute atomic E-state index is 0.138. The summed E-state index contributed by atoms with van der Waals surface area (Å²) in [5.41, 5.74) is 0. The highest BCUT2D eigenvalue weighted by atomic mass is 28.4. The second-order valence-corrected chi connectivity index (χ2v) is 14.1. The third-order valence-electron chi connectivity index (χ3n) is 6.33. The van der Waals surface area contributed by atoms with Crippen molar-refractivity contribution in [1.29, 1.82) is 0 Å². The summed E-state index contributed by atoms with van der Waals surface area (Å²) in [7, 11) is -2.87. The van der Waals surface area contributed by atoms with Gasteiger partial charge in [0.05, 0.1) is 6.10 Å². The van der Waals surface area contributed by atoms with E-state index in [9.17, 15) is 9.59 Å². The standard InChI is InChI=1S/C28H36O4Si/c1-22-14-8-5-13-19-26(25(29)20-21-27(30)31-22)32-33(28(2,3)4,23-15-9-6-10-16-23)24-17-11-7-12-18-24/h6-7,9-12,15-18,20-22,26H,5,8,13-14,19H2,1-4H3/b21-20+/t22?,26-/m1/s1. The lowest BCUT2D eigenvalue weighted by Crippen LogP contribution is -2.68. The van der Waals surface area contributed by atoms with E-state index in [-0.39, 0.29) is 16.9 Å². The molecule has 0 N–H and O–H groups in total. The van der Waals surface area contributed by atoms with Crippen LogP contribution in [0.25, 0.3) is 0 Å². The molecular formula is C28H36O4Si. The van der Waals surface area contributed by atoms with Gasteiger partial charge in [0.2, 0.25) is 0 Å². The van der Waals surface area contributed by atoms with Crippen LogP contribution in [-0.2, 0) is 18.8 Å². The molecule has 0 aliphatic carbocycles. The van der Waals surface area contributed by atoms with E-state index in [1.807, 2.05) is 43.3 Å². The molecule has 0 saturated carbocycles. The molecule has 0 spiro atoms. The number of hydrogen-bond acceptors (Lipinski definition) is 4. The van der Waals surface area contributed by atoms with Gasteiger partial charge in [-0.1, -0.05) is 94.3 Å². The fourth-order valence-corrected chi connectivity index (χ4v) is 9.33. The number of hydrogen-bond donors (Lipinski definition) is 0. The maximum absolute atomic E-state index is 13.3. The average molecular weight is 465 g/mol. The van der Waals surface area contributed by atoms with Gasteiger partial charge in [-0.2, -0.15) is 0 Å². The first-order chi connectivity index (χ1) is 15.7. The number of benzene rings is 2. The van der Waals surface area contributed by atoms with Gasteiger partial charge >= 0.3 is 5.97 Å². The maximum atomic E-state index is 13.3. The summed E-state index contributed by atoms with van der Waals surface area (Å²) in [6.07, 6.45) is 6.13. The Bertz CT molecular complexity index is 907. The molecule has 1 heterocycles. The monoisotopic (exact) mass is 464 g/mol. The quantitative estimate of drug-likeness (QED) is 0.474. The highest BCUT2D eigenvalue weighted by Crippen LogP contribution is 2.38. The highest BCUT2D eigenvalue weighted by Gasteiger charge is 2.52. The van der Waals surface area contributed by atoms with Crippen LogP contribution in [0.2, 0.25) is 5.04 Å². The molecule has 0 saturated heterocycles. The lowest BCUT2D eigenvalue weighted by molar-refractivity contribution is -0.142. The Hall–Kier alpha value is -2.50. The van der Waals surface area contributed by atoms with Crippen molar-refractivity contribution in [3.63, 3.8) is 0 Å². The number of carbonyl (C=O) groups is 2. The molecule has 2 atom stereocenters. The van der Waals surface area contributed by atoms with Crippen molar-refractivity contribution in [2.24, 2.45) is 0 Å². The smallest absolute Gasteiger partial charge is 0.331 e. The van der Waals surface area contributed by atoms with Crippen molar-refractivity contribution >= 4 is 30.4 Å². The number of ether oxygens (including phenoxy) is 1. The van der Waals surface area contributed by atoms with E-state index in [0.717, 1.165) is 36.1 Å². The molecule has 33 heavy (non-hydrogen) atoms. The van der Waals surface area contributed by atoms with Gasteiger partial charge in [-0.15, -0.1) is 0 Å². The van der Waals surface area contributed by atoms with Gasteiger partial charge in [0, 0.05) is 6.08 Å². The summed E-state index contributed by atoms with van der Waals surface area (Å²) in [5.74, 6) is -0.645. The molecule has 2 aromatic carbocycles. The second-order valence-electron chi connectivity index (χ2n) is 9.89. The maximum Gasteiger partial charge on any atom is 0.331 e. The van der Waals surface area contributed by atoms with E-state index in [0.29, 0.717) is 6.42 Å². The fourth-order valence-electron chi connectivity index (χ4n) is 4.66. The molecule has 0 fully saturated rings. The van der Waals surface area contributed by atoms with Crippen molar-refractivity contribution in [3.8, 4) is 0 Å². The zero-order valence-corrected chi connectivity index (χ0v) is 21.3. The Kier molecular flexibility index (Phi) is 8.44. The SMILES string of the molecule is CC1CCCCC[C@@H](O[Si](c2ccccc2)(c2ccccc2)C(C)(C)C)C(=O)/C=C/C(=O)O1. The van der Waals surface area contributed by atoms with Gasteiger partial charge in [0.15, 0.2) is 5.78 Å². The van der Waals surface area contributed by atoms with Gasteiger partial charge < -0.3 is 9.16 Å². The van der Waals surface area contributed by atoms with Crippen molar-refractivity contribution in [2.75, 3.05) is 0 Å². The number of rotatable bonds is 4. The van der Waals surface area contributed by atoms with E-state index in [4.69, 9.17) is 9.16 Å². The van der Waals surface area contributed by atoms with Crippen LogP contribution < -0.4 is 10.4 Å². The molecule has 4 nitrogen and oxygen atoms in total. The second kappa shape index (κ2) is 11.1. The molecule has 0 radical (unpaired) electrons. The first kappa shape index (κ1) is 25.1. The Morgan fingerprint density at radius 3 is 1.91 bits per heavy atom. The van der Waals surface area contributed by atoms with Crippen LogP contribution >= 0.6 is 0 Å². The van der Waals surface area contributed by atoms with Crippen LogP contribution in [0.3, 0.4) is 0 Å². The van der Waals surface area contributed by atoms with Crippen LogP contribution in [0.4, 0.5) is 0 Å². The molecule has 1 aliphatic heterocycles. The van der Waals surface area contributed by atoms with Gasteiger partial charge in [0.25, 0.3) is 8.32 Å². The minimum Gasteiger partial charge on any atom is -0.460 e. The lowest BCUT2D eigenvalue weighted by Gasteiger charge is -2.44. The Morgan fingerprint density at radius 1 is 0.818 bits per heavy atom. The Balaban J connectivity index is 2.06. The summed E-state index contributed by atoms with van der Waals surface area (Å²) in [5, 5.41) is 2.05. The van der Waals surface area contributed by atoms with E-state index in [1.54, 1.807) is 0 Å². The van der Waals surface area contributed by atoms with Gasteiger partial charge in [-0.3, -0.25) is 4.79 Å². The first-order valence-electron chi connectivity index (χ1n) is 12.0.